The Balaban J connectivity index is 1.65. The van der Waals surface area contributed by atoms with Gasteiger partial charge in [-0.15, -0.1) is 0 Å². The lowest BCUT2D eigenvalue weighted by Crippen LogP contribution is -2.65. The molecule has 3 rings (SSSR count). The molecule has 0 aromatic rings. The maximum Gasteiger partial charge on any atom is 0.0309 e. The van der Waals surface area contributed by atoms with E-state index in [1.807, 2.05) is 0 Å². The van der Waals surface area contributed by atoms with Gasteiger partial charge in [-0.25, -0.2) is 0 Å². The second-order valence-electron chi connectivity index (χ2n) is 7.60. The summed E-state index contributed by atoms with van der Waals surface area (Å²) in [7, 11) is 0. The van der Waals surface area contributed by atoms with Crippen molar-refractivity contribution in [1.29, 1.82) is 0 Å². The van der Waals surface area contributed by atoms with Gasteiger partial charge in [-0.2, -0.15) is 11.8 Å². The summed E-state index contributed by atoms with van der Waals surface area (Å²) in [5.41, 5.74) is 0.477. The molecule has 0 bridgehead atoms. The first-order chi connectivity index (χ1) is 9.69. The van der Waals surface area contributed by atoms with Crippen molar-refractivity contribution in [3.63, 3.8) is 0 Å². The highest BCUT2D eigenvalue weighted by molar-refractivity contribution is 7.99. The summed E-state index contributed by atoms with van der Waals surface area (Å²) in [5.74, 6) is 2.17. The molecule has 20 heavy (non-hydrogen) atoms. The maximum atomic E-state index is 3.94. The molecule has 3 aliphatic rings. The van der Waals surface area contributed by atoms with Crippen molar-refractivity contribution in [1.82, 2.24) is 10.2 Å². The van der Waals surface area contributed by atoms with Gasteiger partial charge in [0.05, 0.1) is 0 Å². The molecule has 2 saturated heterocycles. The van der Waals surface area contributed by atoms with E-state index >= 15 is 0 Å². The van der Waals surface area contributed by atoms with Crippen LogP contribution in [0.1, 0.15) is 58.8 Å². The van der Waals surface area contributed by atoms with Gasteiger partial charge in [-0.05, 0) is 37.4 Å². The largest absolute Gasteiger partial charge is 0.308 e. The van der Waals surface area contributed by atoms with Crippen LogP contribution < -0.4 is 5.32 Å². The number of hydrogen-bond acceptors (Lipinski definition) is 3. The van der Waals surface area contributed by atoms with Crippen LogP contribution in [0.15, 0.2) is 0 Å². The topological polar surface area (TPSA) is 15.3 Å². The molecule has 2 atom stereocenters. The van der Waals surface area contributed by atoms with Gasteiger partial charge >= 0.3 is 0 Å². The van der Waals surface area contributed by atoms with Gasteiger partial charge in [0.2, 0.25) is 0 Å². The van der Waals surface area contributed by atoms with Crippen molar-refractivity contribution >= 4 is 11.8 Å². The number of nitrogens with zero attached hydrogens (tertiary/aromatic N) is 1. The van der Waals surface area contributed by atoms with Crippen molar-refractivity contribution in [2.45, 2.75) is 75.6 Å². The summed E-state index contributed by atoms with van der Waals surface area (Å²) in [6.45, 7) is 8.68. The van der Waals surface area contributed by atoms with E-state index < -0.39 is 0 Å². The molecule has 3 fully saturated rings. The molecule has 1 saturated carbocycles. The maximum absolute atomic E-state index is 3.94. The third-order valence-corrected chi connectivity index (χ3v) is 7.08. The van der Waals surface area contributed by atoms with Gasteiger partial charge in [-0.1, -0.05) is 33.1 Å². The molecule has 2 aliphatic heterocycles. The van der Waals surface area contributed by atoms with Crippen molar-refractivity contribution in [3.8, 4) is 0 Å². The average Bonchev–Trinajstić information content (AvgIpc) is 2.88. The Morgan fingerprint density at radius 2 is 2.00 bits per heavy atom. The van der Waals surface area contributed by atoms with E-state index in [0.717, 1.165) is 17.2 Å². The zero-order chi connectivity index (χ0) is 14.0. The molecule has 2 heterocycles. The number of nitrogens with one attached hydrogen (secondary N) is 1. The predicted octanol–water partition coefficient (Wildman–Crippen LogP) is 3.51. The van der Waals surface area contributed by atoms with Crippen molar-refractivity contribution < 1.29 is 0 Å². The Morgan fingerprint density at radius 1 is 1.20 bits per heavy atom. The third kappa shape index (κ3) is 3.36. The molecule has 0 aromatic heterocycles. The Morgan fingerprint density at radius 3 is 2.65 bits per heavy atom. The SMILES string of the molecule is CC(C)C1CNC2(CCCC2)CN1CC1CCCCS1. The lowest BCUT2D eigenvalue weighted by molar-refractivity contribution is 0.0567. The fraction of sp³-hybridized carbons (Fsp3) is 1.00. The number of rotatable bonds is 3. The molecule has 0 aromatic carbocycles. The van der Waals surface area contributed by atoms with Crippen molar-refractivity contribution in [2.24, 2.45) is 5.92 Å². The first kappa shape index (κ1) is 15.2. The summed E-state index contributed by atoms with van der Waals surface area (Å²) in [5, 5.41) is 4.85. The first-order valence-corrected chi connectivity index (χ1v) is 9.84. The van der Waals surface area contributed by atoms with Crippen LogP contribution in [0.4, 0.5) is 0 Å². The zero-order valence-electron chi connectivity index (χ0n) is 13.4. The minimum absolute atomic E-state index is 0.477. The Bertz CT molecular complexity index is 306. The number of hydrogen-bond donors (Lipinski definition) is 1. The summed E-state index contributed by atoms with van der Waals surface area (Å²) < 4.78 is 0. The zero-order valence-corrected chi connectivity index (χ0v) is 14.2. The van der Waals surface area contributed by atoms with E-state index in [1.165, 1.54) is 70.3 Å². The highest BCUT2D eigenvalue weighted by atomic mass is 32.2. The van der Waals surface area contributed by atoms with Crippen molar-refractivity contribution in [3.05, 3.63) is 0 Å². The van der Waals surface area contributed by atoms with Gasteiger partial charge in [0.25, 0.3) is 0 Å². The van der Waals surface area contributed by atoms with Crippen LogP contribution >= 0.6 is 11.8 Å². The lowest BCUT2D eigenvalue weighted by atomic mass is 9.89. The van der Waals surface area contributed by atoms with Gasteiger partial charge < -0.3 is 5.32 Å². The summed E-state index contributed by atoms with van der Waals surface area (Å²) in [6.07, 6.45) is 10.0. The van der Waals surface area contributed by atoms with E-state index in [-0.39, 0.29) is 0 Å². The van der Waals surface area contributed by atoms with Crippen LogP contribution in [0.2, 0.25) is 0 Å². The summed E-state index contributed by atoms with van der Waals surface area (Å²) >= 11 is 2.24. The van der Waals surface area contributed by atoms with Gasteiger partial charge in [0.1, 0.15) is 0 Å². The minimum Gasteiger partial charge on any atom is -0.308 e. The Hall–Kier alpha value is 0.270. The minimum atomic E-state index is 0.477. The standard InChI is InChI=1S/C17H32N2S/c1-14(2)16-11-18-17(8-4-5-9-17)13-19(16)12-15-7-3-6-10-20-15/h14-16,18H,3-13H2,1-2H3. The molecule has 1 spiro atoms. The van der Waals surface area contributed by atoms with Crippen LogP contribution in [0.5, 0.6) is 0 Å². The fourth-order valence-corrected chi connectivity index (χ4v) is 5.80. The van der Waals surface area contributed by atoms with Crippen LogP contribution in [-0.4, -0.2) is 47.1 Å². The van der Waals surface area contributed by atoms with Gasteiger partial charge in [0.15, 0.2) is 0 Å². The molecule has 2 unspecified atom stereocenters. The van der Waals surface area contributed by atoms with Crippen molar-refractivity contribution in [2.75, 3.05) is 25.4 Å². The van der Waals surface area contributed by atoms with Crippen LogP contribution in [0, 0.1) is 5.92 Å². The Labute approximate surface area is 129 Å². The first-order valence-electron chi connectivity index (χ1n) is 8.79. The van der Waals surface area contributed by atoms with E-state index in [9.17, 15) is 0 Å². The second kappa shape index (κ2) is 6.58. The van der Waals surface area contributed by atoms with E-state index in [2.05, 4.69) is 35.8 Å². The second-order valence-corrected chi connectivity index (χ2v) is 9.01. The normalized spacial score (nSPS) is 35.0. The fourth-order valence-electron chi connectivity index (χ4n) is 4.47. The molecule has 2 nitrogen and oxygen atoms in total. The highest BCUT2D eigenvalue weighted by Gasteiger charge is 2.42. The van der Waals surface area contributed by atoms with Gasteiger partial charge in [0, 0.05) is 36.5 Å². The van der Waals surface area contributed by atoms with Crippen LogP contribution in [0.25, 0.3) is 0 Å². The van der Waals surface area contributed by atoms with Gasteiger partial charge in [-0.3, -0.25) is 4.90 Å². The monoisotopic (exact) mass is 296 g/mol. The molecule has 3 heteroatoms. The molecule has 0 radical (unpaired) electrons. The smallest absolute Gasteiger partial charge is 0.0309 e. The molecule has 1 aliphatic carbocycles. The van der Waals surface area contributed by atoms with E-state index in [4.69, 9.17) is 0 Å². The molecule has 0 amide bonds. The molecular formula is C17H32N2S. The molecule has 1 N–H and O–H groups in total. The summed E-state index contributed by atoms with van der Waals surface area (Å²) in [4.78, 5) is 2.87. The lowest BCUT2D eigenvalue weighted by Gasteiger charge is -2.49. The highest BCUT2D eigenvalue weighted by Crippen LogP contribution is 2.35. The van der Waals surface area contributed by atoms with Crippen LogP contribution in [0.3, 0.4) is 0 Å². The van der Waals surface area contributed by atoms with Crippen LogP contribution in [-0.2, 0) is 0 Å². The Kier molecular flexibility index (Phi) is 4.99. The molecule has 116 valence electrons. The molecular weight excluding hydrogens is 264 g/mol. The summed E-state index contributed by atoms with van der Waals surface area (Å²) in [6, 6.07) is 0.753. The predicted molar refractivity (Wildman–Crippen MR) is 89.5 cm³/mol. The number of piperazine rings is 1. The third-order valence-electron chi connectivity index (χ3n) is 5.70. The average molecular weight is 297 g/mol. The van der Waals surface area contributed by atoms with E-state index in [1.54, 1.807) is 0 Å². The van der Waals surface area contributed by atoms with E-state index in [0.29, 0.717) is 5.54 Å². The quantitative estimate of drug-likeness (QED) is 0.858. The number of thioether (sulfide) groups is 1.